The molecule has 4 nitrogen and oxygen atoms in total. The van der Waals surface area contributed by atoms with Gasteiger partial charge in [0.2, 0.25) is 0 Å². The van der Waals surface area contributed by atoms with E-state index in [4.69, 9.17) is 0 Å². The number of rotatable bonds is 6. The summed E-state index contributed by atoms with van der Waals surface area (Å²) in [7, 11) is -3.70. The van der Waals surface area contributed by atoms with Crippen LogP contribution < -0.4 is 4.72 Å². The third kappa shape index (κ3) is 4.92. The van der Waals surface area contributed by atoms with Crippen LogP contribution in [0.1, 0.15) is 21.5 Å². The van der Waals surface area contributed by atoms with Crippen molar-refractivity contribution in [2.75, 3.05) is 4.72 Å². The minimum atomic E-state index is -3.70. The SMILES string of the molecule is Cc1ccc(S(=O)(=O)Nc2ccc(C(=O)/C=C/c3cccc(F)c3)cc2)cc1. The Balaban J connectivity index is 1.70. The Hall–Kier alpha value is -3.25. The Bertz CT molecular complexity index is 1120. The molecule has 0 radical (unpaired) electrons. The van der Waals surface area contributed by atoms with Crippen molar-refractivity contribution < 1.29 is 17.6 Å². The van der Waals surface area contributed by atoms with Crippen molar-refractivity contribution >= 4 is 27.6 Å². The molecule has 0 saturated carbocycles. The normalized spacial score (nSPS) is 11.5. The lowest BCUT2D eigenvalue weighted by molar-refractivity contribution is 0.104. The van der Waals surface area contributed by atoms with E-state index in [1.165, 1.54) is 60.7 Å². The molecule has 0 heterocycles. The predicted molar refractivity (Wildman–Crippen MR) is 108 cm³/mol. The fraction of sp³-hybridized carbons (Fsp3) is 0.0455. The molecule has 6 heteroatoms. The monoisotopic (exact) mass is 395 g/mol. The van der Waals surface area contributed by atoms with Gasteiger partial charge in [0.1, 0.15) is 5.82 Å². The fourth-order valence-corrected chi connectivity index (χ4v) is 3.57. The van der Waals surface area contributed by atoms with Crippen LogP contribution in [0.2, 0.25) is 0 Å². The maximum Gasteiger partial charge on any atom is 0.261 e. The van der Waals surface area contributed by atoms with Gasteiger partial charge in [-0.1, -0.05) is 35.9 Å². The fourth-order valence-electron chi connectivity index (χ4n) is 2.51. The molecule has 0 aliphatic heterocycles. The van der Waals surface area contributed by atoms with Crippen LogP contribution in [-0.2, 0) is 10.0 Å². The van der Waals surface area contributed by atoms with Crippen LogP contribution in [0.4, 0.5) is 10.1 Å². The molecular formula is C22H18FNO3S. The summed E-state index contributed by atoms with van der Waals surface area (Å²) >= 11 is 0. The van der Waals surface area contributed by atoms with Crippen molar-refractivity contribution in [2.24, 2.45) is 0 Å². The van der Waals surface area contributed by atoms with Crippen LogP contribution in [0.25, 0.3) is 6.08 Å². The molecule has 0 amide bonds. The Labute approximate surface area is 163 Å². The van der Waals surface area contributed by atoms with Crippen molar-refractivity contribution in [3.63, 3.8) is 0 Å². The summed E-state index contributed by atoms with van der Waals surface area (Å²) in [5, 5.41) is 0. The molecule has 3 aromatic carbocycles. The molecule has 0 atom stereocenters. The van der Waals surface area contributed by atoms with Gasteiger partial charge in [-0.25, -0.2) is 12.8 Å². The molecule has 0 aliphatic carbocycles. The van der Waals surface area contributed by atoms with E-state index in [1.807, 2.05) is 6.92 Å². The zero-order valence-corrected chi connectivity index (χ0v) is 15.9. The Morgan fingerprint density at radius 1 is 0.964 bits per heavy atom. The van der Waals surface area contributed by atoms with E-state index in [-0.39, 0.29) is 16.5 Å². The Morgan fingerprint density at radius 3 is 2.29 bits per heavy atom. The van der Waals surface area contributed by atoms with Crippen LogP contribution in [0.15, 0.2) is 83.8 Å². The highest BCUT2D eigenvalue weighted by atomic mass is 32.2. The number of ketones is 1. The number of hydrogen-bond acceptors (Lipinski definition) is 3. The van der Waals surface area contributed by atoms with Crippen LogP contribution in [0, 0.1) is 12.7 Å². The second-order valence-electron chi connectivity index (χ2n) is 6.25. The molecule has 0 aliphatic rings. The number of allylic oxidation sites excluding steroid dienone is 1. The van der Waals surface area contributed by atoms with Crippen molar-refractivity contribution in [1.29, 1.82) is 0 Å². The maximum atomic E-state index is 13.2. The summed E-state index contributed by atoms with van der Waals surface area (Å²) in [4.78, 5) is 12.4. The van der Waals surface area contributed by atoms with Crippen molar-refractivity contribution in [3.8, 4) is 0 Å². The number of carbonyl (C=O) groups excluding carboxylic acids is 1. The first kappa shape index (κ1) is 19.5. The topological polar surface area (TPSA) is 63.2 Å². The van der Waals surface area contributed by atoms with Gasteiger partial charge in [0.05, 0.1) is 4.90 Å². The number of nitrogens with one attached hydrogen (secondary N) is 1. The summed E-state index contributed by atoms with van der Waals surface area (Å²) in [5.74, 6) is -0.642. The van der Waals surface area contributed by atoms with Gasteiger partial charge >= 0.3 is 0 Å². The lowest BCUT2D eigenvalue weighted by Gasteiger charge is -2.08. The molecule has 142 valence electrons. The largest absolute Gasteiger partial charge is 0.289 e. The highest BCUT2D eigenvalue weighted by Gasteiger charge is 2.14. The van der Waals surface area contributed by atoms with Gasteiger partial charge in [-0.3, -0.25) is 9.52 Å². The quantitative estimate of drug-likeness (QED) is 0.480. The number of benzene rings is 3. The van der Waals surface area contributed by atoms with E-state index in [1.54, 1.807) is 24.3 Å². The first-order valence-electron chi connectivity index (χ1n) is 8.51. The van der Waals surface area contributed by atoms with Gasteiger partial charge in [-0.05, 0) is 67.1 Å². The molecular weight excluding hydrogens is 377 g/mol. The van der Waals surface area contributed by atoms with Crippen LogP contribution in [-0.4, -0.2) is 14.2 Å². The van der Waals surface area contributed by atoms with E-state index in [0.717, 1.165) is 5.56 Å². The molecule has 0 aromatic heterocycles. The summed E-state index contributed by atoms with van der Waals surface area (Å²) in [6.45, 7) is 1.88. The first-order valence-corrected chi connectivity index (χ1v) is 9.99. The minimum absolute atomic E-state index is 0.163. The van der Waals surface area contributed by atoms with E-state index in [9.17, 15) is 17.6 Å². The summed E-state index contributed by atoms with van der Waals surface area (Å²) in [6.07, 6.45) is 2.87. The molecule has 0 unspecified atom stereocenters. The molecule has 0 saturated heterocycles. The first-order chi connectivity index (χ1) is 13.3. The number of carbonyl (C=O) groups is 1. The third-order valence-electron chi connectivity index (χ3n) is 4.03. The van der Waals surface area contributed by atoms with Gasteiger partial charge in [0.15, 0.2) is 5.78 Å². The molecule has 0 fully saturated rings. The van der Waals surface area contributed by atoms with Crippen LogP contribution >= 0.6 is 0 Å². The highest BCUT2D eigenvalue weighted by molar-refractivity contribution is 7.92. The van der Waals surface area contributed by atoms with Crippen molar-refractivity contribution in [3.05, 3.63) is 101 Å². The third-order valence-corrected chi connectivity index (χ3v) is 5.43. The molecule has 3 rings (SSSR count). The molecule has 3 aromatic rings. The Kier molecular flexibility index (Phi) is 5.70. The lowest BCUT2D eigenvalue weighted by Crippen LogP contribution is -2.13. The number of anilines is 1. The van der Waals surface area contributed by atoms with E-state index in [0.29, 0.717) is 16.8 Å². The number of aryl methyl sites for hydroxylation is 1. The molecule has 28 heavy (non-hydrogen) atoms. The zero-order chi connectivity index (χ0) is 20.1. The smallest absolute Gasteiger partial charge is 0.261 e. The summed E-state index contributed by atoms with van der Waals surface area (Å²) < 4.78 is 40.4. The van der Waals surface area contributed by atoms with Gasteiger partial charge in [-0.2, -0.15) is 0 Å². The zero-order valence-electron chi connectivity index (χ0n) is 15.1. The van der Waals surface area contributed by atoms with Crippen molar-refractivity contribution in [2.45, 2.75) is 11.8 Å². The summed E-state index contributed by atoms with van der Waals surface area (Å²) in [6, 6.07) is 18.5. The van der Waals surface area contributed by atoms with Crippen LogP contribution in [0.5, 0.6) is 0 Å². The van der Waals surface area contributed by atoms with Crippen LogP contribution in [0.3, 0.4) is 0 Å². The Morgan fingerprint density at radius 2 is 1.64 bits per heavy atom. The number of hydrogen-bond donors (Lipinski definition) is 1. The maximum absolute atomic E-state index is 13.2. The van der Waals surface area contributed by atoms with Gasteiger partial charge in [-0.15, -0.1) is 0 Å². The number of halogens is 1. The minimum Gasteiger partial charge on any atom is -0.289 e. The molecule has 1 N–H and O–H groups in total. The summed E-state index contributed by atoms with van der Waals surface area (Å²) in [5.41, 5.74) is 2.29. The van der Waals surface area contributed by atoms with Gasteiger partial charge < -0.3 is 0 Å². The van der Waals surface area contributed by atoms with Crippen molar-refractivity contribution in [1.82, 2.24) is 0 Å². The average Bonchev–Trinajstić information content (AvgIpc) is 2.67. The molecule has 0 spiro atoms. The second kappa shape index (κ2) is 8.19. The van der Waals surface area contributed by atoms with E-state index >= 15 is 0 Å². The predicted octanol–water partition coefficient (Wildman–Crippen LogP) is 4.83. The van der Waals surface area contributed by atoms with Gasteiger partial charge in [0, 0.05) is 11.3 Å². The second-order valence-corrected chi connectivity index (χ2v) is 7.93. The highest BCUT2D eigenvalue weighted by Crippen LogP contribution is 2.18. The van der Waals surface area contributed by atoms with Gasteiger partial charge in [0.25, 0.3) is 10.0 Å². The standard InChI is InChI=1S/C22H18FNO3S/c1-16-5-12-21(13-6-16)28(26,27)24-20-10-8-18(9-11-20)22(25)14-7-17-3-2-4-19(23)15-17/h2-15,24H,1H3/b14-7+. The van der Waals surface area contributed by atoms with E-state index < -0.39 is 10.0 Å². The number of sulfonamides is 1. The lowest BCUT2D eigenvalue weighted by atomic mass is 10.1. The van der Waals surface area contributed by atoms with E-state index in [2.05, 4.69) is 4.72 Å². The average molecular weight is 395 g/mol. The molecule has 0 bridgehead atoms.